The number of rotatable bonds is 7. The van der Waals surface area contributed by atoms with E-state index < -0.39 is 0 Å². The van der Waals surface area contributed by atoms with E-state index in [9.17, 15) is 4.79 Å². The SMILES string of the molecule is CCOC(=O)Cc1csc(NCCC2CCC2)n1. The van der Waals surface area contributed by atoms with Crippen molar-refractivity contribution in [2.45, 2.75) is 39.0 Å². The van der Waals surface area contributed by atoms with Crippen LogP contribution in [0.5, 0.6) is 0 Å². The fourth-order valence-electron chi connectivity index (χ4n) is 1.99. The highest BCUT2D eigenvalue weighted by Gasteiger charge is 2.16. The molecular formula is C13H20N2O2S. The summed E-state index contributed by atoms with van der Waals surface area (Å²) in [7, 11) is 0. The number of aromatic nitrogens is 1. The van der Waals surface area contributed by atoms with Gasteiger partial charge in [0.05, 0.1) is 18.7 Å². The number of anilines is 1. The molecule has 1 aromatic heterocycles. The largest absolute Gasteiger partial charge is 0.466 e. The number of hydrogen-bond acceptors (Lipinski definition) is 5. The molecule has 0 saturated heterocycles. The Balaban J connectivity index is 1.69. The first kappa shape index (κ1) is 13.3. The van der Waals surface area contributed by atoms with Crippen molar-refractivity contribution in [1.82, 2.24) is 4.98 Å². The van der Waals surface area contributed by atoms with Crippen LogP contribution >= 0.6 is 11.3 Å². The summed E-state index contributed by atoms with van der Waals surface area (Å²) >= 11 is 1.56. The van der Waals surface area contributed by atoms with Gasteiger partial charge in [0.1, 0.15) is 0 Å². The summed E-state index contributed by atoms with van der Waals surface area (Å²) in [6, 6.07) is 0. The van der Waals surface area contributed by atoms with E-state index in [1.165, 1.54) is 25.7 Å². The Kier molecular flexibility index (Phi) is 4.99. The van der Waals surface area contributed by atoms with Gasteiger partial charge in [-0.2, -0.15) is 0 Å². The lowest BCUT2D eigenvalue weighted by Gasteiger charge is -2.24. The van der Waals surface area contributed by atoms with Crippen LogP contribution < -0.4 is 5.32 Å². The van der Waals surface area contributed by atoms with Crippen LogP contribution in [0.15, 0.2) is 5.38 Å². The molecule has 100 valence electrons. The van der Waals surface area contributed by atoms with Crippen molar-refractivity contribution in [2.24, 2.45) is 5.92 Å². The molecule has 0 radical (unpaired) electrons. The lowest BCUT2D eigenvalue weighted by atomic mass is 9.83. The highest BCUT2D eigenvalue weighted by Crippen LogP contribution is 2.29. The van der Waals surface area contributed by atoms with Crippen LogP contribution in [0.25, 0.3) is 0 Å². The first-order valence-corrected chi connectivity index (χ1v) is 7.49. The molecule has 1 heterocycles. The van der Waals surface area contributed by atoms with Gasteiger partial charge in [-0.15, -0.1) is 11.3 Å². The summed E-state index contributed by atoms with van der Waals surface area (Å²) in [5, 5.41) is 6.15. The lowest BCUT2D eigenvalue weighted by Crippen LogP contribution is -2.15. The van der Waals surface area contributed by atoms with Gasteiger partial charge in [0.25, 0.3) is 0 Å². The van der Waals surface area contributed by atoms with Crippen LogP contribution in [0.1, 0.15) is 38.3 Å². The number of esters is 1. The smallest absolute Gasteiger partial charge is 0.311 e. The van der Waals surface area contributed by atoms with Gasteiger partial charge in [0.15, 0.2) is 5.13 Å². The topological polar surface area (TPSA) is 51.2 Å². The summed E-state index contributed by atoms with van der Waals surface area (Å²) < 4.78 is 4.90. The summed E-state index contributed by atoms with van der Waals surface area (Å²) in [4.78, 5) is 15.7. The average Bonchev–Trinajstić information content (AvgIpc) is 2.70. The highest BCUT2D eigenvalue weighted by atomic mass is 32.1. The molecular weight excluding hydrogens is 248 g/mol. The van der Waals surface area contributed by atoms with Crippen molar-refractivity contribution < 1.29 is 9.53 Å². The molecule has 1 aromatic rings. The average molecular weight is 268 g/mol. The molecule has 0 bridgehead atoms. The molecule has 0 amide bonds. The van der Waals surface area contributed by atoms with E-state index in [-0.39, 0.29) is 12.4 Å². The molecule has 1 saturated carbocycles. The molecule has 4 nitrogen and oxygen atoms in total. The summed E-state index contributed by atoms with van der Waals surface area (Å²) in [6.45, 7) is 3.22. The first-order valence-electron chi connectivity index (χ1n) is 6.62. The second-order valence-corrected chi connectivity index (χ2v) is 5.50. The van der Waals surface area contributed by atoms with Crippen LogP contribution in [0, 0.1) is 5.92 Å². The molecule has 1 fully saturated rings. The van der Waals surface area contributed by atoms with Gasteiger partial charge in [-0.05, 0) is 19.3 Å². The fourth-order valence-corrected chi connectivity index (χ4v) is 2.73. The Hall–Kier alpha value is -1.10. The summed E-state index contributed by atoms with van der Waals surface area (Å²) in [5.74, 6) is 0.709. The molecule has 0 atom stereocenters. The number of carbonyl (C=O) groups excluding carboxylic acids is 1. The van der Waals surface area contributed by atoms with Gasteiger partial charge in [-0.25, -0.2) is 4.98 Å². The van der Waals surface area contributed by atoms with Crippen molar-refractivity contribution in [1.29, 1.82) is 0 Å². The fraction of sp³-hybridized carbons (Fsp3) is 0.692. The van der Waals surface area contributed by atoms with Crippen LogP contribution in [0.2, 0.25) is 0 Å². The minimum absolute atomic E-state index is 0.205. The van der Waals surface area contributed by atoms with Crippen molar-refractivity contribution in [2.75, 3.05) is 18.5 Å². The third kappa shape index (κ3) is 3.98. The summed E-state index contributed by atoms with van der Waals surface area (Å²) in [5.41, 5.74) is 0.796. The highest BCUT2D eigenvalue weighted by molar-refractivity contribution is 7.13. The maximum atomic E-state index is 11.3. The van der Waals surface area contributed by atoms with Crippen molar-refractivity contribution in [3.63, 3.8) is 0 Å². The molecule has 0 aromatic carbocycles. The van der Waals surface area contributed by atoms with Crippen LogP contribution in [0.3, 0.4) is 0 Å². The first-order chi connectivity index (χ1) is 8.78. The van der Waals surface area contributed by atoms with E-state index >= 15 is 0 Å². The quantitative estimate of drug-likeness (QED) is 0.773. The number of nitrogens with one attached hydrogen (secondary N) is 1. The van der Waals surface area contributed by atoms with Gasteiger partial charge < -0.3 is 10.1 Å². The van der Waals surface area contributed by atoms with Gasteiger partial charge in [0, 0.05) is 11.9 Å². The Morgan fingerprint density at radius 3 is 3.11 bits per heavy atom. The van der Waals surface area contributed by atoms with E-state index in [4.69, 9.17) is 4.74 Å². The zero-order chi connectivity index (χ0) is 12.8. The molecule has 5 heteroatoms. The minimum atomic E-state index is -0.205. The summed E-state index contributed by atoms with van der Waals surface area (Å²) in [6.07, 6.45) is 5.66. The predicted molar refractivity (Wildman–Crippen MR) is 72.9 cm³/mol. The van der Waals surface area contributed by atoms with Gasteiger partial charge in [0.2, 0.25) is 0 Å². The standard InChI is InChI=1S/C13H20N2O2S/c1-2-17-12(16)8-11-9-18-13(15-11)14-7-6-10-4-3-5-10/h9-10H,2-8H2,1H3,(H,14,15). The molecule has 0 unspecified atom stereocenters. The number of hydrogen-bond donors (Lipinski definition) is 1. The van der Waals surface area contributed by atoms with Crippen molar-refractivity contribution in [3.05, 3.63) is 11.1 Å². The van der Waals surface area contributed by atoms with E-state index in [0.29, 0.717) is 6.61 Å². The normalized spacial score (nSPS) is 15.2. The minimum Gasteiger partial charge on any atom is -0.466 e. The molecule has 0 aliphatic heterocycles. The Morgan fingerprint density at radius 2 is 2.44 bits per heavy atom. The zero-order valence-corrected chi connectivity index (χ0v) is 11.6. The lowest BCUT2D eigenvalue weighted by molar-refractivity contribution is -0.142. The Bertz CT molecular complexity index is 388. The van der Waals surface area contributed by atoms with Crippen molar-refractivity contribution in [3.8, 4) is 0 Å². The molecule has 2 rings (SSSR count). The molecule has 1 aliphatic rings. The molecule has 1 N–H and O–H groups in total. The molecule has 1 aliphatic carbocycles. The van der Waals surface area contributed by atoms with E-state index in [1.807, 2.05) is 12.3 Å². The zero-order valence-electron chi connectivity index (χ0n) is 10.8. The maximum Gasteiger partial charge on any atom is 0.311 e. The maximum absolute atomic E-state index is 11.3. The number of carbonyl (C=O) groups is 1. The second kappa shape index (κ2) is 6.73. The van der Waals surface area contributed by atoms with E-state index in [1.54, 1.807) is 11.3 Å². The number of nitrogens with zero attached hydrogens (tertiary/aromatic N) is 1. The monoisotopic (exact) mass is 268 g/mol. The molecule has 18 heavy (non-hydrogen) atoms. The second-order valence-electron chi connectivity index (χ2n) is 4.64. The predicted octanol–water partition coefficient (Wildman–Crippen LogP) is 2.85. The van der Waals surface area contributed by atoms with Gasteiger partial charge in [-0.1, -0.05) is 19.3 Å². The Labute approximate surface area is 112 Å². The van der Waals surface area contributed by atoms with E-state index in [2.05, 4.69) is 10.3 Å². The van der Waals surface area contributed by atoms with Crippen LogP contribution in [-0.2, 0) is 16.0 Å². The van der Waals surface area contributed by atoms with Gasteiger partial charge in [-0.3, -0.25) is 4.79 Å². The van der Waals surface area contributed by atoms with E-state index in [0.717, 1.165) is 23.3 Å². The van der Waals surface area contributed by atoms with Crippen LogP contribution in [-0.4, -0.2) is 24.1 Å². The van der Waals surface area contributed by atoms with Crippen LogP contribution in [0.4, 0.5) is 5.13 Å². The Morgan fingerprint density at radius 1 is 1.61 bits per heavy atom. The number of thiazole rings is 1. The number of ether oxygens (including phenoxy) is 1. The third-order valence-corrected chi connectivity index (χ3v) is 4.08. The van der Waals surface area contributed by atoms with Gasteiger partial charge >= 0.3 is 5.97 Å². The van der Waals surface area contributed by atoms with Crippen molar-refractivity contribution >= 4 is 22.4 Å². The molecule has 0 spiro atoms. The third-order valence-electron chi connectivity index (χ3n) is 3.24.